The topological polar surface area (TPSA) is 64.3 Å². The second-order valence-electron chi connectivity index (χ2n) is 4.35. The molecule has 1 unspecified atom stereocenters. The van der Waals surface area contributed by atoms with Crippen molar-refractivity contribution in [3.8, 4) is 0 Å². The van der Waals surface area contributed by atoms with Gasteiger partial charge in [0, 0.05) is 18.7 Å². The molecule has 1 amide bonds. The van der Waals surface area contributed by atoms with E-state index in [1.807, 2.05) is 0 Å². The summed E-state index contributed by atoms with van der Waals surface area (Å²) in [5, 5.41) is 3.02. The van der Waals surface area contributed by atoms with Gasteiger partial charge in [-0.1, -0.05) is 0 Å². The number of hydrogen-bond donors (Lipinski definition) is 2. The van der Waals surface area contributed by atoms with Gasteiger partial charge in [-0.05, 0) is 25.7 Å². The molecule has 0 spiro atoms. The Hall–Kier alpha value is -0.610. The van der Waals surface area contributed by atoms with Crippen LogP contribution in [0.25, 0.3) is 0 Å². The lowest BCUT2D eigenvalue weighted by molar-refractivity contribution is -0.130. The van der Waals surface area contributed by atoms with Gasteiger partial charge in [0.15, 0.2) is 0 Å². The zero-order chi connectivity index (χ0) is 9.97. The molecule has 2 fully saturated rings. The van der Waals surface area contributed by atoms with E-state index in [0.717, 1.165) is 32.3 Å². The number of carbonyl (C=O) groups excluding carboxylic acids is 1. The molecule has 2 rings (SSSR count). The van der Waals surface area contributed by atoms with Crippen LogP contribution in [0.5, 0.6) is 0 Å². The van der Waals surface area contributed by atoms with Crippen molar-refractivity contribution in [2.75, 3.05) is 13.2 Å². The maximum absolute atomic E-state index is 11.7. The molecule has 1 aliphatic heterocycles. The monoisotopic (exact) mass is 198 g/mol. The minimum absolute atomic E-state index is 0.0700. The Bertz CT molecular complexity index is 208. The molecule has 2 aliphatic rings. The van der Waals surface area contributed by atoms with Crippen LogP contribution in [0, 0.1) is 5.92 Å². The average molecular weight is 198 g/mol. The third-order valence-corrected chi connectivity index (χ3v) is 3.05. The molecule has 14 heavy (non-hydrogen) atoms. The predicted molar refractivity (Wildman–Crippen MR) is 52.7 cm³/mol. The summed E-state index contributed by atoms with van der Waals surface area (Å²) in [6, 6.07) is 0.613. The van der Waals surface area contributed by atoms with E-state index in [4.69, 9.17) is 10.5 Å². The van der Waals surface area contributed by atoms with Crippen molar-refractivity contribution in [2.24, 2.45) is 11.7 Å². The molecule has 0 bridgehead atoms. The Morgan fingerprint density at radius 1 is 1.43 bits per heavy atom. The number of carbonyl (C=O) groups is 1. The number of hydrogen-bond acceptors (Lipinski definition) is 3. The lowest BCUT2D eigenvalue weighted by Gasteiger charge is -2.34. The van der Waals surface area contributed by atoms with Gasteiger partial charge in [-0.15, -0.1) is 0 Å². The van der Waals surface area contributed by atoms with Crippen molar-refractivity contribution < 1.29 is 9.53 Å². The van der Waals surface area contributed by atoms with Gasteiger partial charge in [-0.2, -0.15) is 0 Å². The Morgan fingerprint density at radius 3 is 2.79 bits per heavy atom. The van der Waals surface area contributed by atoms with Crippen LogP contribution in [-0.2, 0) is 9.53 Å². The first-order valence-corrected chi connectivity index (χ1v) is 5.39. The van der Waals surface area contributed by atoms with E-state index in [2.05, 4.69) is 5.32 Å². The second-order valence-corrected chi connectivity index (χ2v) is 4.35. The zero-order valence-corrected chi connectivity index (χ0v) is 8.37. The van der Waals surface area contributed by atoms with Crippen LogP contribution in [0.4, 0.5) is 0 Å². The summed E-state index contributed by atoms with van der Waals surface area (Å²) in [5.74, 6) is 0.224. The molecule has 80 valence electrons. The molecule has 4 nitrogen and oxygen atoms in total. The van der Waals surface area contributed by atoms with Crippen molar-refractivity contribution in [2.45, 2.75) is 37.8 Å². The first kappa shape index (κ1) is 9.93. The highest BCUT2D eigenvalue weighted by Crippen LogP contribution is 2.19. The number of rotatable bonds is 2. The first-order chi connectivity index (χ1) is 6.75. The lowest BCUT2D eigenvalue weighted by atomic mass is 9.87. The maximum Gasteiger partial charge on any atom is 0.225 e. The molecule has 1 heterocycles. The normalized spacial score (nSPS) is 37.4. The van der Waals surface area contributed by atoms with Crippen molar-refractivity contribution in [3.05, 3.63) is 0 Å². The van der Waals surface area contributed by atoms with Gasteiger partial charge >= 0.3 is 0 Å². The summed E-state index contributed by atoms with van der Waals surface area (Å²) < 4.78 is 5.27. The molecule has 0 aromatic carbocycles. The summed E-state index contributed by atoms with van der Waals surface area (Å²) in [6.07, 6.45) is 3.82. The molecular formula is C10H18N2O2. The molecule has 1 atom stereocenters. The van der Waals surface area contributed by atoms with Crippen molar-refractivity contribution in [1.29, 1.82) is 0 Å². The number of amides is 1. The molecule has 0 aromatic rings. The lowest BCUT2D eigenvalue weighted by Crippen LogP contribution is -2.52. The van der Waals surface area contributed by atoms with Crippen LogP contribution in [0.2, 0.25) is 0 Å². The molecule has 4 heteroatoms. The summed E-state index contributed by atoms with van der Waals surface area (Å²) >= 11 is 0. The smallest absolute Gasteiger partial charge is 0.225 e. The standard InChI is InChI=1S/C10H18N2O2/c11-8-4-9(5-8)12-10(13)7-2-1-3-14-6-7/h7-9H,1-6,11H2,(H,12,13). The zero-order valence-electron chi connectivity index (χ0n) is 8.37. The summed E-state index contributed by atoms with van der Waals surface area (Å²) in [7, 11) is 0. The molecular weight excluding hydrogens is 180 g/mol. The fourth-order valence-electron chi connectivity index (χ4n) is 2.05. The molecule has 1 aliphatic carbocycles. The molecule has 1 saturated carbocycles. The van der Waals surface area contributed by atoms with Crippen molar-refractivity contribution in [1.82, 2.24) is 5.32 Å². The minimum atomic E-state index is 0.0700. The van der Waals surface area contributed by atoms with Crippen LogP contribution >= 0.6 is 0 Å². The predicted octanol–water partition coefficient (Wildman–Crippen LogP) is 0.0189. The van der Waals surface area contributed by atoms with E-state index in [9.17, 15) is 4.79 Å². The van der Waals surface area contributed by atoms with Crippen LogP contribution < -0.4 is 11.1 Å². The fraction of sp³-hybridized carbons (Fsp3) is 0.900. The van der Waals surface area contributed by atoms with Crippen LogP contribution in [0.1, 0.15) is 25.7 Å². The Balaban J connectivity index is 1.71. The van der Waals surface area contributed by atoms with E-state index in [1.165, 1.54) is 0 Å². The van der Waals surface area contributed by atoms with E-state index in [-0.39, 0.29) is 11.8 Å². The SMILES string of the molecule is NC1CC(NC(=O)C2CCCOC2)C1. The van der Waals surface area contributed by atoms with Gasteiger partial charge in [-0.3, -0.25) is 4.79 Å². The highest BCUT2D eigenvalue weighted by Gasteiger charge is 2.30. The largest absolute Gasteiger partial charge is 0.381 e. The van der Waals surface area contributed by atoms with Crippen LogP contribution in [0.15, 0.2) is 0 Å². The Kier molecular flexibility index (Phi) is 3.03. The van der Waals surface area contributed by atoms with E-state index in [1.54, 1.807) is 0 Å². The van der Waals surface area contributed by atoms with Crippen molar-refractivity contribution in [3.63, 3.8) is 0 Å². The van der Waals surface area contributed by atoms with Crippen LogP contribution in [0.3, 0.4) is 0 Å². The quantitative estimate of drug-likeness (QED) is 0.657. The third-order valence-electron chi connectivity index (χ3n) is 3.05. The maximum atomic E-state index is 11.7. The van der Waals surface area contributed by atoms with E-state index < -0.39 is 0 Å². The third kappa shape index (κ3) is 2.25. The molecule has 0 aromatic heterocycles. The number of ether oxygens (including phenoxy) is 1. The number of nitrogens with two attached hydrogens (primary N) is 1. The molecule has 3 N–H and O–H groups in total. The fourth-order valence-corrected chi connectivity index (χ4v) is 2.05. The van der Waals surface area contributed by atoms with Gasteiger partial charge in [-0.25, -0.2) is 0 Å². The van der Waals surface area contributed by atoms with Crippen molar-refractivity contribution >= 4 is 5.91 Å². The molecule has 0 radical (unpaired) electrons. The van der Waals surface area contributed by atoms with E-state index >= 15 is 0 Å². The minimum Gasteiger partial charge on any atom is -0.381 e. The van der Waals surface area contributed by atoms with Gasteiger partial charge < -0.3 is 15.8 Å². The first-order valence-electron chi connectivity index (χ1n) is 5.39. The summed E-state index contributed by atoms with van der Waals surface area (Å²) in [6.45, 7) is 1.39. The van der Waals surface area contributed by atoms with Crippen LogP contribution in [-0.4, -0.2) is 31.2 Å². The van der Waals surface area contributed by atoms with Gasteiger partial charge in [0.1, 0.15) is 0 Å². The highest BCUT2D eigenvalue weighted by atomic mass is 16.5. The van der Waals surface area contributed by atoms with Gasteiger partial charge in [0.25, 0.3) is 0 Å². The second kappa shape index (κ2) is 4.28. The van der Waals surface area contributed by atoms with Gasteiger partial charge in [0.05, 0.1) is 12.5 Å². The average Bonchev–Trinajstić information content (AvgIpc) is 2.17. The summed E-state index contributed by atoms with van der Waals surface area (Å²) in [5.41, 5.74) is 5.65. The highest BCUT2D eigenvalue weighted by molar-refractivity contribution is 5.79. The summed E-state index contributed by atoms with van der Waals surface area (Å²) in [4.78, 5) is 11.7. The Labute approximate surface area is 84.2 Å². The van der Waals surface area contributed by atoms with Gasteiger partial charge in [0.2, 0.25) is 5.91 Å². The Morgan fingerprint density at radius 2 is 2.21 bits per heavy atom. The van der Waals surface area contributed by atoms with E-state index in [0.29, 0.717) is 18.7 Å². The molecule has 1 saturated heterocycles. The number of nitrogens with one attached hydrogen (secondary N) is 1.